The number of ether oxygens (including phenoxy) is 1. The zero-order chi connectivity index (χ0) is 4.28. The van der Waals surface area contributed by atoms with Crippen molar-refractivity contribution in [2.24, 2.45) is 0 Å². The van der Waals surface area contributed by atoms with Gasteiger partial charge in [-0.3, -0.25) is 0 Å². The summed E-state index contributed by atoms with van der Waals surface area (Å²) in [4.78, 5) is 0. The van der Waals surface area contributed by atoms with E-state index < -0.39 is 0 Å². The maximum atomic E-state index is 4.48. The van der Waals surface area contributed by atoms with Crippen LogP contribution in [0.1, 0.15) is 14.4 Å². The van der Waals surface area contributed by atoms with E-state index in [4.69, 9.17) is 0 Å². The minimum absolute atomic E-state index is 0. The minimum Gasteiger partial charge on any atom is -0.491 e. The molecular formula is C4H10OS. The highest BCUT2D eigenvalue weighted by molar-refractivity contribution is 7.80. The van der Waals surface area contributed by atoms with E-state index in [9.17, 15) is 0 Å². The molecule has 0 atom stereocenters. The zero-order valence-corrected chi connectivity index (χ0v) is 4.13. The number of hydrogen-bond acceptors (Lipinski definition) is 2. The summed E-state index contributed by atoms with van der Waals surface area (Å²) < 4.78 is 4.48. The van der Waals surface area contributed by atoms with Gasteiger partial charge in [-0.25, -0.2) is 0 Å². The summed E-state index contributed by atoms with van der Waals surface area (Å²) in [6.07, 6.45) is 0. The largest absolute Gasteiger partial charge is 0.491 e. The van der Waals surface area contributed by atoms with Crippen LogP contribution in [0.2, 0.25) is 0 Å². The molecule has 0 aliphatic heterocycles. The van der Waals surface area contributed by atoms with Gasteiger partial charge in [0.15, 0.2) is 5.05 Å². The van der Waals surface area contributed by atoms with Gasteiger partial charge in [-0.05, 0) is 12.2 Å². The molecule has 0 bridgehead atoms. The van der Waals surface area contributed by atoms with E-state index in [1.807, 2.05) is 0 Å². The lowest BCUT2D eigenvalue weighted by molar-refractivity contribution is 0.411. The molecule has 0 rings (SSSR count). The molecule has 0 saturated carbocycles. The lowest BCUT2D eigenvalue weighted by Crippen LogP contribution is -1.84. The maximum Gasteiger partial charge on any atom is 0.156 e. The van der Waals surface area contributed by atoms with Crippen molar-refractivity contribution in [3.8, 4) is 0 Å². The van der Waals surface area contributed by atoms with Crippen LogP contribution in [0.5, 0.6) is 0 Å². The van der Waals surface area contributed by atoms with Crippen LogP contribution in [0.4, 0.5) is 0 Å². The summed E-state index contributed by atoms with van der Waals surface area (Å²) in [6, 6.07) is 0. The predicted octanol–water partition coefficient (Wildman–Crippen LogP) is 1.62. The second-order valence-corrected chi connectivity index (χ2v) is 1.27. The van der Waals surface area contributed by atoms with E-state index in [0.29, 0.717) is 5.05 Å². The highest BCUT2D eigenvalue weighted by atomic mass is 32.1. The summed E-state index contributed by atoms with van der Waals surface area (Å²) in [7, 11) is 1.56. The summed E-state index contributed by atoms with van der Waals surface area (Å²) in [5.41, 5.74) is 0. The van der Waals surface area contributed by atoms with Crippen molar-refractivity contribution in [3.63, 3.8) is 0 Å². The van der Waals surface area contributed by atoms with Crippen molar-refractivity contribution in [1.82, 2.24) is 0 Å². The Morgan fingerprint density at radius 3 is 1.83 bits per heavy atom. The first-order valence-corrected chi connectivity index (χ1v) is 1.72. The number of hydrogen-bond donors (Lipinski definition) is 0. The van der Waals surface area contributed by atoms with Gasteiger partial charge in [0, 0.05) is 6.92 Å². The van der Waals surface area contributed by atoms with Crippen LogP contribution in [0, 0.1) is 0 Å². The molecule has 38 valence electrons. The first kappa shape index (κ1) is 9.31. The van der Waals surface area contributed by atoms with Crippen molar-refractivity contribution in [2.45, 2.75) is 14.4 Å². The number of rotatable bonds is 0. The quantitative estimate of drug-likeness (QED) is 0.434. The molecule has 6 heavy (non-hydrogen) atoms. The fourth-order valence-corrected chi connectivity index (χ4v) is 0. The third-order valence-electron chi connectivity index (χ3n) is 0.287. The summed E-state index contributed by atoms with van der Waals surface area (Å²) >= 11 is 4.47. The van der Waals surface area contributed by atoms with Gasteiger partial charge < -0.3 is 4.74 Å². The predicted molar refractivity (Wildman–Crippen MR) is 32.0 cm³/mol. The lowest BCUT2D eigenvalue weighted by Gasteiger charge is -1.85. The first-order chi connectivity index (χ1) is 2.27. The van der Waals surface area contributed by atoms with Crippen LogP contribution in [-0.4, -0.2) is 12.2 Å². The van der Waals surface area contributed by atoms with Gasteiger partial charge in [0.25, 0.3) is 0 Å². The van der Waals surface area contributed by atoms with Crippen LogP contribution >= 0.6 is 12.2 Å². The lowest BCUT2D eigenvalue weighted by atomic mass is 10.9. The topological polar surface area (TPSA) is 9.23 Å². The molecule has 0 unspecified atom stereocenters. The number of methoxy groups -OCH3 is 1. The average molecular weight is 106 g/mol. The molecule has 1 nitrogen and oxygen atoms in total. The highest BCUT2D eigenvalue weighted by Gasteiger charge is 1.69. The van der Waals surface area contributed by atoms with Gasteiger partial charge in [0.05, 0.1) is 7.11 Å². The Hall–Kier alpha value is -0.110. The third-order valence-corrected chi connectivity index (χ3v) is 0.454. The van der Waals surface area contributed by atoms with E-state index >= 15 is 0 Å². The van der Waals surface area contributed by atoms with Crippen molar-refractivity contribution in [2.75, 3.05) is 7.11 Å². The average Bonchev–Trinajstić information content (AvgIpc) is 1.38. The van der Waals surface area contributed by atoms with Gasteiger partial charge >= 0.3 is 0 Å². The Kier molecular flexibility index (Phi) is 7.59. The molecular weight excluding hydrogens is 96.1 g/mol. The SMILES string of the molecule is C.COC(C)=S. The van der Waals surface area contributed by atoms with Gasteiger partial charge in [-0.15, -0.1) is 0 Å². The van der Waals surface area contributed by atoms with Crippen LogP contribution < -0.4 is 0 Å². The zero-order valence-electron chi connectivity index (χ0n) is 3.32. The minimum atomic E-state index is 0. The molecule has 0 aliphatic carbocycles. The molecule has 0 spiro atoms. The second-order valence-electron chi connectivity index (χ2n) is 0.696. The Morgan fingerprint density at radius 1 is 1.67 bits per heavy atom. The molecule has 0 aliphatic rings. The van der Waals surface area contributed by atoms with E-state index in [-0.39, 0.29) is 7.43 Å². The molecule has 0 aromatic rings. The molecule has 0 radical (unpaired) electrons. The van der Waals surface area contributed by atoms with Crippen LogP contribution in [0.25, 0.3) is 0 Å². The summed E-state index contributed by atoms with van der Waals surface area (Å²) in [5, 5.41) is 0.588. The smallest absolute Gasteiger partial charge is 0.156 e. The van der Waals surface area contributed by atoms with Crippen molar-refractivity contribution < 1.29 is 4.74 Å². The first-order valence-electron chi connectivity index (χ1n) is 1.32. The van der Waals surface area contributed by atoms with Crippen LogP contribution in [0.3, 0.4) is 0 Å². The maximum absolute atomic E-state index is 4.48. The standard InChI is InChI=1S/C3H6OS.CH4/c1-3(5)4-2;/h1-2H3;1H4. The van der Waals surface area contributed by atoms with Gasteiger partial charge in [0.2, 0.25) is 0 Å². The van der Waals surface area contributed by atoms with Gasteiger partial charge in [0.1, 0.15) is 0 Å². The number of thiocarbonyl (C=S) groups is 1. The van der Waals surface area contributed by atoms with Crippen LogP contribution in [0.15, 0.2) is 0 Å². The Bertz CT molecular complexity index is 42.8. The third kappa shape index (κ3) is 9.10. The second kappa shape index (κ2) is 4.89. The molecule has 0 aromatic carbocycles. The Morgan fingerprint density at radius 2 is 1.83 bits per heavy atom. The molecule has 0 heterocycles. The van der Waals surface area contributed by atoms with E-state index in [2.05, 4.69) is 17.0 Å². The Labute approximate surface area is 44.3 Å². The fraction of sp³-hybridized carbons (Fsp3) is 0.750. The van der Waals surface area contributed by atoms with E-state index in [0.717, 1.165) is 0 Å². The molecule has 2 heteroatoms. The molecule has 0 fully saturated rings. The fourth-order valence-electron chi connectivity index (χ4n) is 0. The Balaban J connectivity index is 0. The summed E-state index contributed by atoms with van der Waals surface area (Å²) in [6.45, 7) is 1.73. The van der Waals surface area contributed by atoms with Crippen molar-refractivity contribution in [1.29, 1.82) is 0 Å². The highest BCUT2D eigenvalue weighted by Crippen LogP contribution is 1.68. The van der Waals surface area contributed by atoms with Crippen LogP contribution in [-0.2, 0) is 4.74 Å². The molecule has 0 N–H and O–H groups in total. The summed E-state index contributed by atoms with van der Waals surface area (Å²) in [5.74, 6) is 0. The van der Waals surface area contributed by atoms with Gasteiger partial charge in [-0.1, -0.05) is 7.43 Å². The van der Waals surface area contributed by atoms with E-state index in [1.54, 1.807) is 14.0 Å². The monoisotopic (exact) mass is 106 g/mol. The van der Waals surface area contributed by atoms with E-state index in [1.165, 1.54) is 0 Å². The normalized spacial score (nSPS) is 5.67. The molecule has 0 aromatic heterocycles. The molecule has 0 amide bonds. The van der Waals surface area contributed by atoms with Crippen molar-refractivity contribution in [3.05, 3.63) is 0 Å². The molecule has 0 saturated heterocycles. The van der Waals surface area contributed by atoms with Gasteiger partial charge in [-0.2, -0.15) is 0 Å². The van der Waals surface area contributed by atoms with Crippen molar-refractivity contribution >= 4 is 17.3 Å².